The first-order valence-electron chi connectivity index (χ1n) is 8.06. The fourth-order valence-corrected chi connectivity index (χ4v) is 3.72. The van der Waals surface area contributed by atoms with Gasteiger partial charge in [0.1, 0.15) is 6.04 Å². The molecule has 2 aromatic carbocycles. The molecule has 134 valence electrons. The molecule has 1 atom stereocenters. The van der Waals surface area contributed by atoms with Gasteiger partial charge in [-0.3, -0.25) is 19.3 Å². The summed E-state index contributed by atoms with van der Waals surface area (Å²) in [5, 5.41) is 2.82. The zero-order valence-electron chi connectivity index (χ0n) is 14.1. The number of halogens is 1. The highest BCUT2D eigenvalue weighted by molar-refractivity contribution is 9.10. The van der Waals surface area contributed by atoms with E-state index in [1.807, 2.05) is 18.4 Å². The molecule has 1 aliphatic heterocycles. The van der Waals surface area contributed by atoms with Gasteiger partial charge < -0.3 is 5.32 Å². The van der Waals surface area contributed by atoms with Crippen molar-refractivity contribution in [2.75, 3.05) is 17.3 Å². The minimum Gasteiger partial charge on any atom is -0.323 e. The van der Waals surface area contributed by atoms with E-state index in [-0.39, 0.29) is 5.91 Å². The summed E-state index contributed by atoms with van der Waals surface area (Å²) in [6.07, 6.45) is 2.31. The predicted molar refractivity (Wildman–Crippen MR) is 107 cm³/mol. The molecule has 0 radical (unpaired) electrons. The predicted octanol–water partition coefficient (Wildman–Crippen LogP) is 3.81. The Morgan fingerprint density at radius 2 is 1.65 bits per heavy atom. The third-order valence-electron chi connectivity index (χ3n) is 4.17. The maximum absolute atomic E-state index is 12.9. The lowest BCUT2D eigenvalue weighted by Gasteiger charge is -2.25. The molecule has 1 N–H and O–H groups in total. The smallest absolute Gasteiger partial charge is 0.262 e. The molecular weight excluding hydrogens is 416 g/mol. The fraction of sp³-hybridized carbons (Fsp3) is 0.211. The second kappa shape index (κ2) is 8.05. The molecule has 0 aliphatic carbocycles. The van der Waals surface area contributed by atoms with Crippen molar-refractivity contribution in [3.8, 4) is 0 Å². The number of hydrogen-bond donors (Lipinski definition) is 1. The summed E-state index contributed by atoms with van der Waals surface area (Å²) in [7, 11) is 0. The molecule has 1 aliphatic rings. The second-order valence-electron chi connectivity index (χ2n) is 5.79. The number of hydrogen-bond acceptors (Lipinski definition) is 4. The highest BCUT2D eigenvalue weighted by Crippen LogP contribution is 2.28. The van der Waals surface area contributed by atoms with E-state index in [1.54, 1.807) is 48.2 Å². The van der Waals surface area contributed by atoms with E-state index in [9.17, 15) is 14.4 Å². The first-order valence-corrected chi connectivity index (χ1v) is 10.2. The van der Waals surface area contributed by atoms with E-state index < -0.39 is 17.9 Å². The number of nitrogens with one attached hydrogen (secondary N) is 1. The van der Waals surface area contributed by atoms with Gasteiger partial charge in [0, 0.05) is 4.47 Å². The van der Waals surface area contributed by atoms with Gasteiger partial charge in [0.2, 0.25) is 5.91 Å². The van der Waals surface area contributed by atoms with Gasteiger partial charge in [-0.05, 0) is 58.6 Å². The van der Waals surface area contributed by atoms with Crippen LogP contribution in [0.3, 0.4) is 0 Å². The van der Waals surface area contributed by atoms with Crippen molar-refractivity contribution in [2.24, 2.45) is 0 Å². The van der Waals surface area contributed by atoms with Gasteiger partial charge >= 0.3 is 0 Å². The highest BCUT2D eigenvalue weighted by Gasteiger charge is 2.42. The normalized spacial score (nSPS) is 14.3. The van der Waals surface area contributed by atoms with Crippen molar-refractivity contribution >= 4 is 51.1 Å². The molecule has 0 spiro atoms. The van der Waals surface area contributed by atoms with E-state index in [1.165, 1.54) is 0 Å². The molecular formula is C19H17BrN2O3S. The number of amides is 3. The van der Waals surface area contributed by atoms with Crippen LogP contribution in [0, 0.1) is 0 Å². The summed E-state index contributed by atoms with van der Waals surface area (Å²) in [5.74, 6) is -0.556. The summed E-state index contributed by atoms with van der Waals surface area (Å²) in [4.78, 5) is 39.5. The summed E-state index contributed by atoms with van der Waals surface area (Å²) < 4.78 is 0.735. The largest absolute Gasteiger partial charge is 0.323 e. The average Bonchev–Trinajstić information content (AvgIpc) is 2.89. The molecule has 7 heteroatoms. The zero-order chi connectivity index (χ0) is 18.7. The van der Waals surface area contributed by atoms with Crippen LogP contribution < -0.4 is 5.32 Å². The van der Waals surface area contributed by atoms with Crippen LogP contribution in [0.5, 0.6) is 0 Å². The fourth-order valence-electron chi connectivity index (χ4n) is 2.88. The van der Waals surface area contributed by atoms with Gasteiger partial charge in [0.15, 0.2) is 0 Å². The zero-order valence-corrected chi connectivity index (χ0v) is 16.5. The number of thioether (sulfide) groups is 1. The van der Waals surface area contributed by atoms with Crippen LogP contribution in [0.15, 0.2) is 53.0 Å². The van der Waals surface area contributed by atoms with Crippen LogP contribution in [0.2, 0.25) is 0 Å². The first kappa shape index (κ1) is 18.7. The van der Waals surface area contributed by atoms with Gasteiger partial charge in [-0.1, -0.05) is 24.3 Å². The molecule has 3 amide bonds. The van der Waals surface area contributed by atoms with Crippen LogP contribution in [0.25, 0.3) is 0 Å². The summed E-state index contributed by atoms with van der Waals surface area (Å²) in [5.41, 5.74) is 1.30. The maximum atomic E-state index is 12.9. The molecule has 26 heavy (non-hydrogen) atoms. The Bertz CT molecular complexity index is 836. The van der Waals surface area contributed by atoms with E-state index >= 15 is 0 Å². The van der Waals surface area contributed by atoms with Crippen molar-refractivity contribution in [3.05, 3.63) is 64.1 Å². The maximum Gasteiger partial charge on any atom is 0.262 e. The van der Waals surface area contributed by atoms with Crippen LogP contribution in [-0.2, 0) is 4.79 Å². The Balaban J connectivity index is 1.89. The third kappa shape index (κ3) is 3.54. The van der Waals surface area contributed by atoms with E-state index in [2.05, 4.69) is 21.2 Å². The quantitative estimate of drug-likeness (QED) is 0.704. The number of nitrogens with zero attached hydrogens (tertiary/aromatic N) is 1. The van der Waals surface area contributed by atoms with Crippen LogP contribution in [0.1, 0.15) is 27.1 Å². The number of carbonyl (C=O) groups excluding carboxylic acids is 3. The first-order chi connectivity index (χ1) is 12.5. The topological polar surface area (TPSA) is 66.5 Å². The van der Waals surface area contributed by atoms with Crippen LogP contribution in [-0.4, -0.2) is 40.7 Å². The molecule has 2 aromatic rings. The molecule has 0 saturated heterocycles. The van der Waals surface area contributed by atoms with Crippen LogP contribution >= 0.6 is 27.7 Å². The lowest BCUT2D eigenvalue weighted by molar-refractivity contribution is -0.120. The highest BCUT2D eigenvalue weighted by atomic mass is 79.9. The molecule has 0 saturated carbocycles. The number of benzene rings is 2. The Hall–Kier alpha value is -2.12. The van der Waals surface area contributed by atoms with E-state index in [4.69, 9.17) is 0 Å². The number of anilines is 1. The molecule has 5 nitrogen and oxygen atoms in total. The number of rotatable bonds is 6. The molecule has 1 heterocycles. The Morgan fingerprint density at radius 1 is 1.08 bits per heavy atom. The lowest BCUT2D eigenvalue weighted by Crippen LogP contribution is -2.47. The van der Waals surface area contributed by atoms with Gasteiger partial charge in [-0.25, -0.2) is 0 Å². The van der Waals surface area contributed by atoms with Crippen molar-refractivity contribution in [1.82, 2.24) is 4.90 Å². The van der Waals surface area contributed by atoms with Crippen molar-refractivity contribution in [3.63, 3.8) is 0 Å². The number of carbonyl (C=O) groups is 3. The Kier molecular flexibility index (Phi) is 5.78. The van der Waals surface area contributed by atoms with Crippen LogP contribution in [0.4, 0.5) is 5.69 Å². The Morgan fingerprint density at radius 3 is 2.23 bits per heavy atom. The van der Waals surface area contributed by atoms with Gasteiger partial charge in [-0.2, -0.15) is 11.8 Å². The lowest BCUT2D eigenvalue weighted by atomic mass is 10.1. The second-order valence-corrected chi connectivity index (χ2v) is 7.63. The summed E-state index contributed by atoms with van der Waals surface area (Å²) >= 11 is 4.95. The minimum atomic E-state index is -0.859. The average molecular weight is 433 g/mol. The van der Waals surface area contributed by atoms with Crippen molar-refractivity contribution in [1.29, 1.82) is 0 Å². The molecule has 0 fully saturated rings. The molecule has 0 aromatic heterocycles. The van der Waals surface area contributed by atoms with Gasteiger partial charge in [0.25, 0.3) is 11.8 Å². The van der Waals surface area contributed by atoms with E-state index in [0.29, 0.717) is 29.0 Å². The molecule has 3 rings (SSSR count). The SMILES string of the molecule is CSCCC(C(=O)Nc1ccccc1Br)N1C(=O)c2ccccc2C1=O. The standard InChI is InChI=1S/C19H17BrN2O3S/c1-26-11-10-16(17(23)21-15-9-5-4-8-14(15)20)22-18(24)12-6-2-3-7-13(12)19(22)25/h2-9,16H,10-11H2,1H3,(H,21,23). The van der Waals surface area contributed by atoms with Gasteiger partial charge in [-0.15, -0.1) is 0 Å². The van der Waals surface area contributed by atoms with E-state index in [0.717, 1.165) is 9.37 Å². The minimum absolute atomic E-state index is 0.348. The third-order valence-corrected chi connectivity index (χ3v) is 5.50. The van der Waals surface area contributed by atoms with Crippen molar-refractivity contribution in [2.45, 2.75) is 12.5 Å². The summed E-state index contributed by atoms with van der Waals surface area (Å²) in [6.45, 7) is 0. The number of para-hydroxylation sites is 1. The van der Waals surface area contributed by atoms with Gasteiger partial charge in [0.05, 0.1) is 16.8 Å². The monoisotopic (exact) mass is 432 g/mol. The van der Waals surface area contributed by atoms with Crippen molar-refractivity contribution < 1.29 is 14.4 Å². The number of imide groups is 1. The molecule has 0 bridgehead atoms. The number of fused-ring (bicyclic) bond motifs is 1. The Labute approximate surface area is 164 Å². The summed E-state index contributed by atoms with van der Waals surface area (Å²) in [6, 6.07) is 13.0. The molecule has 1 unspecified atom stereocenters.